The molecule has 1 aromatic carbocycles. The molecule has 0 aliphatic carbocycles. The summed E-state index contributed by atoms with van der Waals surface area (Å²) in [6.45, 7) is 2.77. The number of anilines is 1. The lowest BCUT2D eigenvalue weighted by molar-refractivity contribution is -0.137. The number of aromatic nitrogens is 3. The number of thioether (sulfide) groups is 1. The van der Waals surface area contributed by atoms with Crippen molar-refractivity contribution in [3.05, 3.63) is 24.3 Å². The van der Waals surface area contributed by atoms with Gasteiger partial charge in [0.25, 0.3) is 0 Å². The summed E-state index contributed by atoms with van der Waals surface area (Å²) in [5.74, 6) is 0.765. The first-order chi connectivity index (χ1) is 10.6. The van der Waals surface area contributed by atoms with Crippen LogP contribution in [0.25, 0.3) is 11.4 Å². The molecule has 6 nitrogen and oxygen atoms in total. The molecule has 0 fully saturated rings. The molecular weight excluding hydrogens is 300 g/mol. The fourth-order valence-corrected chi connectivity index (χ4v) is 2.82. The van der Waals surface area contributed by atoms with E-state index in [1.54, 1.807) is 0 Å². The highest BCUT2D eigenvalue weighted by atomic mass is 32.2. The minimum Gasteiger partial charge on any atom is -0.468 e. The number of carbonyl (C=O) groups excluding carboxylic acids is 1. The molecule has 2 aromatic rings. The van der Waals surface area contributed by atoms with Crippen LogP contribution in [0.3, 0.4) is 0 Å². The molecule has 0 spiro atoms. The van der Waals surface area contributed by atoms with Gasteiger partial charge in [-0.3, -0.25) is 4.79 Å². The first-order valence-electron chi connectivity index (χ1n) is 6.97. The highest BCUT2D eigenvalue weighted by Gasteiger charge is 2.14. The second-order valence-corrected chi connectivity index (χ2v) is 5.80. The van der Waals surface area contributed by atoms with Crippen molar-refractivity contribution in [2.45, 2.75) is 18.6 Å². The predicted octanol–water partition coefficient (Wildman–Crippen LogP) is 2.30. The Balaban J connectivity index is 2.24. The molecule has 0 atom stereocenters. The second-order valence-electron chi connectivity index (χ2n) is 4.86. The summed E-state index contributed by atoms with van der Waals surface area (Å²) in [5, 5.41) is 9.17. The average molecular weight is 320 g/mol. The Bertz CT molecular complexity index is 637. The Hall–Kier alpha value is -2.02. The molecule has 0 aliphatic rings. The predicted molar refractivity (Wildman–Crippen MR) is 88.2 cm³/mol. The first kappa shape index (κ1) is 16.4. The molecule has 0 N–H and O–H groups in total. The van der Waals surface area contributed by atoms with Gasteiger partial charge in [0.2, 0.25) is 0 Å². The Labute approximate surface area is 134 Å². The van der Waals surface area contributed by atoms with Crippen molar-refractivity contribution in [1.29, 1.82) is 0 Å². The SMILES string of the molecule is CCn1c(SCC(=O)OC)nnc1-c1ccc(N(C)C)cc1. The van der Waals surface area contributed by atoms with Crippen LogP contribution in [-0.4, -0.2) is 47.7 Å². The summed E-state index contributed by atoms with van der Waals surface area (Å²) in [5.41, 5.74) is 2.14. The maximum absolute atomic E-state index is 11.3. The topological polar surface area (TPSA) is 60.3 Å². The lowest BCUT2D eigenvalue weighted by atomic mass is 10.2. The molecule has 0 radical (unpaired) electrons. The van der Waals surface area contributed by atoms with Gasteiger partial charge in [0.05, 0.1) is 12.9 Å². The van der Waals surface area contributed by atoms with Crippen LogP contribution in [0.1, 0.15) is 6.92 Å². The Morgan fingerprint density at radius 2 is 1.95 bits per heavy atom. The minimum atomic E-state index is -0.271. The second kappa shape index (κ2) is 7.31. The van der Waals surface area contributed by atoms with Crippen molar-refractivity contribution in [2.24, 2.45) is 0 Å². The molecule has 0 amide bonds. The fraction of sp³-hybridized carbons (Fsp3) is 0.400. The van der Waals surface area contributed by atoms with Crippen LogP contribution < -0.4 is 4.90 Å². The number of hydrogen-bond acceptors (Lipinski definition) is 6. The smallest absolute Gasteiger partial charge is 0.316 e. The molecule has 0 bridgehead atoms. The summed E-state index contributed by atoms with van der Waals surface area (Å²) in [4.78, 5) is 13.3. The van der Waals surface area contributed by atoms with Gasteiger partial charge in [-0.05, 0) is 31.2 Å². The largest absolute Gasteiger partial charge is 0.468 e. The molecule has 0 unspecified atom stereocenters. The Morgan fingerprint density at radius 1 is 1.27 bits per heavy atom. The van der Waals surface area contributed by atoms with Gasteiger partial charge in [-0.2, -0.15) is 0 Å². The highest BCUT2D eigenvalue weighted by Crippen LogP contribution is 2.25. The zero-order valence-electron chi connectivity index (χ0n) is 13.2. The number of ether oxygens (including phenoxy) is 1. The van der Waals surface area contributed by atoms with Crippen LogP contribution in [0, 0.1) is 0 Å². The van der Waals surface area contributed by atoms with Crippen LogP contribution in [0.2, 0.25) is 0 Å². The van der Waals surface area contributed by atoms with Crippen molar-refractivity contribution >= 4 is 23.4 Å². The van der Waals surface area contributed by atoms with Crippen molar-refractivity contribution in [3.63, 3.8) is 0 Å². The van der Waals surface area contributed by atoms with Gasteiger partial charge in [0.1, 0.15) is 0 Å². The molecule has 0 saturated heterocycles. The minimum absolute atomic E-state index is 0.230. The number of benzene rings is 1. The summed E-state index contributed by atoms with van der Waals surface area (Å²) in [7, 11) is 5.39. The Morgan fingerprint density at radius 3 is 2.50 bits per heavy atom. The van der Waals surface area contributed by atoms with E-state index in [9.17, 15) is 4.79 Å². The molecule has 1 heterocycles. The van der Waals surface area contributed by atoms with Crippen molar-refractivity contribution in [3.8, 4) is 11.4 Å². The van der Waals surface area contributed by atoms with Gasteiger partial charge in [-0.1, -0.05) is 11.8 Å². The maximum Gasteiger partial charge on any atom is 0.316 e. The van der Waals surface area contributed by atoms with Crippen LogP contribution in [0.15, 0.2) is 29.4 Å². The Kier molecular flexibility index (Phi) is 5.43. The number of esters is 1. The zero-order valence-corrected chi connectivity index (χ0v) is 14.1. The summed E-state index contributed by atoms with van der Waals surface area (Å²) >= 11 is 1.33. The van der Waals surface area contributed by atoms with E-state index in [0.717, 1.165) is 28.8 Å². The third-order valence-corrected chi connectivity index (χ3v) is 4.16. The highest BCUT2D eigenvalue weighted by molar-refractivity contribution is 7.99. The third kappa shape index (κ3) is 3.59. The van der Waals surface area contributed by atoms with Gasteiger partial charge in [-0.15, -0.1) is 10.2 Å². The van der Waals surface area contributed by atoms with E-state index in [2.05, 4.69) is 14.9 Å². The summed E-state index contributed by atoms with van der Waals surface area (Å²) in [6, 6.07) is 8.15. The molecule has 7 heteroatoms. The van der Waals surface area contributed by atoms with Crippen LogP contribution in [0.5, 0.6) is 0 Å². The monoisotopic (exact) mass is 320 g/mol. The van der Waals surface area contributed by atoms with E-state index < -0.39 is 0 Å². The molecular formula is C15H20N4O2S. The molecule has 118 valence electrons. The summed E-state index contributed by atoms with van der Waals surface area (Å²) in [6.07, 6.45) is 0. The molecule has 1 aromatic heterocycles. The normalized spacial score (nSPS) is 10.5. The lowest BCUT2D eigenvalue weighted by Gasteiger charge is -2.13. The number of rotatable bonds is 6. The van der Waals surface area contributed by atoms with Gasteiger partial charge in [0, 0.05) is 31.9 Å². The van der Waals surface area contributed by atoms with E-state index in [1.807, 2.05) is 54.8 Å². The lowest BCUT2D eigenvalue weighted by Crippen LogP contribution is -2.08. The molecule has 0 aliphatic heterocycles. The van der Waals surface area contributed by atoms with Gasteiger partial charge in [0.15, 0.2) is 11.0 Å². The van der Waals surface area contributed by atoms with Crippen LogP contribution >= 0.6 is 11.8 Å². The van der Waals surface area contributed by atoms with Crippen LogP contribution in [0.4, 0.5) is 5.69 Å². The van der Waals surface area contributed by atoms with Crippen molar-refractivity contribution in [2.75, 3.05) is 31.9 Å². The first-order valence-corrected chi connectivity index (χ1v) is 7.96. The van der Waals surface area contributed by atoms with Gasteiger partial charge >= 0.3 is 5.97 Å². The molecule has 0 saturated carbocycles. The third-order valence-electron chi connectivity index (χ3n) is 3.22. The van der Waals surface area contributed by atoms with E-state index in [-0.39, 0.29) is 11.7 Å². The average Bonchev–Trinajstić information content (AvgIpc) is 2.95. The fourth-order valence-electron chi connectivity index (χ4n) is 1.99. The standard InChI is InChI=1S/C15H20N4O2S/c1-5-19-14(11-6-8-12(9-7-11)18(2)3)16-17-15(19)22-10-13(20)21-4/h6-9H,5,10H2,1-4H3. The number of hydrogen-bond donors (Lipinski definition) is 0. The number of nitrogens with zero attached hydrogens (tertiary/aromatic N) is 4. The van der Waals surface area contributed by atoms with E-state index in [1.165, 1.54) is 18.9 Å². The van der Waals surface area contributed by atoms with Crippen molar-refractivity contribution < 1.29 is 9.53 Å². The zero-order chi connectivity index (χ0) is 16.1. The van der Waals surface area contributed by atoms with E-state index in [4.69, 9.17) is 0 Å². The quantitative estimate of drug-likeness (QED) is 0.601. The van der Waals surface area contributed by atoms with Gasteiger partial charge < -0.3 is 14.2 Å². The van der Waals surface area contributed by atoms with E-state index in [0.29, 0.717) is 0 Å². The van der Waals surface area contributed by atoms with Gasteiger partial charge in [-0.25, -0.2) is 0 Å². The summed E-state index contributed by atoms with van der Waals surface area (Å²) < 4.78 is 6.65. The number of carbonyl (C=O) groups is 1. The number of methoxy groups -OCH3 is 1. The van der Waals surface area contributed by atoms with Crippen molar-refractivity contribution in [1.82, 2.24) is 14.8 Å². The van der Waals surface area contributed by atoms with E-state index >= 15 is 0 Å². The molecule has 2 rings (SSSR count). The maximum atomic E-state index is 11.3. The molecule has 22 heavy (non-hydrogen) atoms. The van der Waals surface area contributed by atoms with Crippen LogP contribution in [-0.2, 0) is 16.1 Å².